The van der Waals surface area contributed by atoms with E-state index < -0.39 is 15.7 Å². The molecule has 3 rings (SSSR count). The summed E-state index contributed by atoms with van der Waals surface area (Å²) in [5.74, 6) is 0.0798. The molecule has 0 aliphatic carbocycles. The second kappa shape index (κ2) is 8.20. The van der Waals surface area contributed by atoms with Crippen molar-refractivity contribution in [2.45, 2.75) is 16.5 Å². The van der Waals surface area contributed by atoms with Crippen molar-refractivity contribution in [3.05, 3.63) is 65.7 Å². The number of halogens is 2. The minimum atomic E-state index is -3.43. The Morgan fingerprint density at radius 2 is 1.92 bits per heavy atom. The van der Waals surface area contributed by atoms with Crippen LogP contribution in [0.2, 0.25) is 5.02 Å². The zero-order chi connectivity index (χ0) is 18.6. The SMILES string of the molecule is O=S(=O)(CCCSc1nncn1-c1cccc(Cl)c1)c1ccc(F)cc1. The first-order chi connectivity index (χ1) is 12.5. The van der Waals surface area contributed by atoms with Crippen LogP contribution in [0.15, 0.2) is 64.9 Å². The first kappa shape index (κ1) is 18.9. The molecule has 0 saturated heterocycles. The predicted octanol–water partition coefficient (Wildman–Crippen LogP) is 4.02. The average molecular weight is 412 g/mol. The van der Waals surface area contributed by atoms with Crippen molar-refractivity contribution in [1.82, 2.24) is 14.8 Å². The molecule has 0 atom stereocenters. The molecular weight excluding hydrogens is 397 g/mol. The molecule has 0 spiro atoms. The lowest BCUT2D eigenvalue weighted by Gasteiger charge is -2.07. The quantitative estimate of drug-likeness (QED) is 0.334. The Bertz CT molecular complexity index is 991. The lowest BCUT2D eigenvalue weighted by atomic mass is 10.3. The molecule has 0 unspecified atom stereocenters. The van der Waals surface area contributed by atoms with E-state index in [1.54, 1.807) is 23.0 Å². The third kappa shape index (κ3) is 4.63. The predicted molar refractivity (Wildman–Crippen MR) is 100 cm³/mol. The minimum absolute atomic E-state index is 0.0169. The molecule has 3 aromatic rings. The number of benzene rings is 2. The van der Waals surface area contributed by atoms with E-state index in [2.05, 4.69) is 10.2 Å². The van der Waals surface area contributed by atoms with Crippen molar-refractivity contribution in [1.29, 1.82) is 0 Å². The van der Waals surface area contributed by atoms with Crippen LogP contribution in [0.25, 0.3) is 5.69 Å². The summed E-state index contributed by atoms with van der Waals surface area (Å²) in [5, 5.41) is 9.24. The number of sulfone groups is 1. The van der Waals surface area contributed by atoms with Gasteiger partial charge in [-0.2, -0.15) is 0 Å². The van der Waals surface area contributed by atoms with Crippen LogP contribution in [0, 0.1) is 5.82 Å². The van der Waals surface area contributed by atoms with Crippen molar-refractivity contribution in [3.63, 3.8) is 0 Å². The Morgan fingerprint density at radius 3 is 2.65 bits per heavy atom. The molecule has 5 nitrogen and oxygen atoms in total. The molecule has 0 amide bonds. The summed E-state index contributed by atoms with van der Waals surface area (Å²) in [6.07, 6.45) is 2.02. The summed E-state index contributed by atoms with van der Waals surface area (Å²) in [4.78, 5) is 0.131. The van der Waals surface area contributed by atoms with Gasteiger partial charge in [0.2, 0.25) is 0 Å². The fourth-order valence-corrected chi connectivity index (χ4v) is 4.84. The Balaban J connectivity index is 1.59. The Morgan fingerprint density at radius 1 is 1.15 bits per heavy atom. The number of thioether (sulfide) groups is 1. The Labute approximate surface area is 160 Å². The third-order valence-electron chi connectivity index (χ3n) is 3.56. The summed E-state index contributed by atoms with van der Waals surface area (Å²) >= 11 is 7.42. The molecule has 2 aromatic carbocycles. The standard InChI is InChI=1S/C17H15ClFN3O2S2/c18-13-3-1-4-15(11-13)22-12-20-21-17(22)25-9-2-10-26(23,24)16-7-5-14(19)6-8-16/h1,3-8,11-12H,2,9-10H2. The number of hydrogen-bond donors (Lipinski definition) is 0. The lowest BCUT2D eigenvalue weighted by molar-refractivity contribution is 0.593. The van der Waals surface area contributed by atoms with Gasteiger partial charge in [-0.25, -0.2) is 12.8 Å². The molecule has 0 radical (unpaired) electrons. The molecule has 0 saturated carbocycles. The number of hydrogen-bond acceptors (Lipinski definition) is 5. The molecule has 0 fully saturated rings. The van der Waals surface area contributed by atoms with E-state index in [9.17, 15) is 12.8 Å². The highest BCUT2D eigenvalue weighted by molar-refractivity contribution is 7.99. The van der Waals surface area contributed by atoms with Crippen LogP contribution in [0.3, 0.4) is 0 Å². The van der Waals surface area contributed by atoms with Crippen molar-refractivity contribution < 1.29 is 12.8 Å². The van der Waals surface area contributed by atoms with Gasteiger partial charge < -0.3 is 0 Å². The zero-order valence-corrected chi connectivity index (χ0v) is 15.9. The van der Waals surface area contributed by atoms with Gasteiger partial charge in [-0.05, 0) is 48.9 Å². The van der Waals surface area contributed by atoms with E-state index >= 15 is 0 Å². The van der Waals surface area contributed by atoms with E-state index in [1.165, 1.54) is 23.9 Å². The average Bonchev–Trinajstić information content (AvgIpc) is 3.08. The van der Waals surface area contributed by atoms with E-state index in [4.69, 9.17) is 11.6 Å². The molecule has 0 aliphatic rings. The van der Waals surface area contributed by atoms with Crippen LogP contribution >= 0.6 is 23.4 Å². The van der Waals surface area contributed by atoms with Crippen LogP contribution in [0.5, 0.6) is 0 Å². The van der Waals surface area contributed by atoms with Crippen molar-refractivity contribution in [3.8, 4) is 5.69 Å². The highest BCUT2D eigenvalue weighted by Gasteiger charge is 2.15. The van der Waals surface area contributed by atoms with Gasteiger partial charge in [0.05, 0.1) is 16.3 Å². The first-order valence-corrected chi connectivity index (χ1v) is 10.7. The largest absolute Gasteiger partial charge is 0.277 e. The highest BCUT2D eigenvalue weighted by atomic mass is 35.5. The zero-order valence-electron chi connectivity index (χ0n) is 13.5. The van der Waals surface area contributed by atoms with E-state index in [0.29, 0.717) is 22.4 Å². The van der Waals surface area contributed by atoms with Gasteiger partial charge >= 0.3 is 0 Å². The van der Waals surface area contributed by atoms with Gasteiger partial charge in [0, 0.05) is 10.8 Å². The monoisotopic (exact) mass is 411 g/mol. The second-order valence-electron chi connectivity index (χ2n) is 5.44. The van der Waals surface area contributed by atoms with Crippen LogP contribution in [0.1, 0.15) is 6.42 Å². The summed E-state index contributed by atoms with van der Waals surface area (Å²) in [7, 11) is -3.43. The van der Waals surface area contributed by atoms with Crippen LogP contribution in [-0.4, -0.2) is 34.7 Å². The first-order valence-electron chi connectivity index (χ1n) is 7.73. The molecule has 136 valence electrons. The van der Waals surface area contributed by atoms with Crippen LogP contribution in [0.4, 0.5) is 4.39 Å². The van der Waals surface area contributed by atoms with Crippen molar-refractivity contribution >= 4 is 33.2 Å². The van der Waals surface area contributed by atoms with E-state index in [-0.39, 0.29) is 10.6 Å². The van der Waals surface area contributed by atoms with Gasteiger partial charge in [-0.1, -0.05) is 29.4 Å². The second-order valence-corrected chi connectivity index (χ2v) is 9.05. The van der Waals surface area contributed by atoms with Crippen molar-refractivity contribution in [2.75, 3.05) is 11.5 Å². The normalized spacial score (nSPS) is 11.6. The lowest BCUT2D eigenvalue weighted by Crippen LogP contribution is -2.08. The highest BCUT2D eigenvalue weighted by Crippen LogP contribution is 2.23. The summed E-state index contributed by atoms with van der Waals surface area (Å²) in [5.41, 5.74) is 0.837. The number of nitrogens with zero attached hydrogens (tertiary/aromatic N) is 3. The minimum Gasteiger partial charge on any atom is -0.277 e. The summed E-state index contributed by atoms with van der Waals surface area (Å²) in [6.45, 7) is 0. The Kier molecular flexibility index (Phi) is 5.95. The molecule has 9 heteroatoms. The van der Waals surface area contributed by atoms with Gasteiger partial charge in [-0.3, -0.25) is 4.57 Å². The maximum Gasteiger partial charge on any atom is 0.195 e. The topological polar surface area (TPSA) is 64.8 Å². The van der Waals surface area contributed by atoms with Crippen LogP contribution in [-0.2, 0) is 9.84 Å². The molecule has 1 heterocycles. The molecular formula is C17H15ClFN3O2S2. The fraction of sp³-hybridized carbons (Fsp3) is 0.176. The number of aromatic nitrogens is 3. The molecule has 0 bridgehead atoms. The summed E-state index contributed by atoms with van der Waals surface area (Å²) in [6, 6.07) is 12.2. The third-order valence-corrected chi connectivity index (χ3v) is 6.65. The van der Waals surface area contributed by atoms with Gasteiger partial charge in [0.15, 0.2) is 15.0 Å². The van der Waals surface area contributed by atoms with Gasteiger partial charge in [-0.15, -0.1) is 10.2 Å². The van der Waals surface area contributed by atoms with Gasteiger partial charge in [0.1, 0.15) is 12.1 Å². The molecule has 0 aliphatic heterocycles. The number of rotatable bonds is 7. The molecule has 1 aromatic heterocycles. The molecule has 0 N–H and O–H groups in total. The van der Waals surface area contributed by atoms with Crippen LogP contribution < -0.4 is 0 Å². The smallest absolute Gasteiger partial charge is 0.195 e. The Hall–Kier alpha value is -1.90. The van der Waals surface area contributed by atoms with Crippen molar-refractivity contribution in [2.24, 2.45) is 0 Å². The van der Waals surface area contributed by atoms with E-state index in [1.807, 2.05) is 12.1 Å². The summed E-state index contributed by atoms with van der Waals surface area (Å²) < 4.78 is 39.2. The molecule has 26 heavy (non-hydrogen) atoms. The van der Waals surface area contributed by atoms with E-state index in [0.717, 1.165) is 17.8 Å². The fourth-order valence-electron chi connectivity index (χ4n) is 2.30. The maximum absolute atomic E-state index is 12.9. The maximum atomic E-state index is 12.9. The van der Waals surface area contributed by atoms with Gasteiger partial charge in [0.25, 0.3) is 0 Å².